The zero-order valence-electron chi connectivity index (χ0n) is 19.8. The third kappa shape index (κ3) is 7.05. The van der Waals surface area contributed by atoms with Gasteiger partial charge in [-0.3, -0.25) is 0 Å². The normalized spacial score (nSPS) is 12.5. The van der Waals surface area contributed by atoms with Crippen molar-refractivity contribution in [3.05, 3.63) is 69.0 Å². The zero-order chi connectivity index (χ0) is 25.6. The van der Waals surface area contributed by atoms with Crippen LogP contribution in [0.25, 0.3) is 11.3 Å². The molecule has 2 aromatic carbocycles. The molecule has 35 heavy (non-hydrogen) atoms. The second-order valence-electron chi connectivity index (χ2n) is 8.15. The number of aryl methyl sites for hydroxylation is 3. The fourth-order valence-corrected chi connectivity index (χ4v) is 4.59. The van der Waals surface area contributed by atoms with Crippen LogP contribution in [0.4, 0.5) is 13.2 Å². The minimum absolute atomic E-state index is 0.0828. The predicted octanol–water partition coefficient (Wildman–Crippen LogP) is 6.49. The van der Waals surface area contributed by atoms with Crippen LogP contribution in [-0.2, 0) is 28.5 Å². The summed E-state index contributed by atoms with van der Waals surface area (Å²) in [5.41, 5.74) is 2.43. The molecule has 3 rings (SSSR count). The molecule has 0 saturated carbocycles. The Morgan fingerprint density at radius 2 is 1.91 bits per heavy atom. The highest BCUT2D eigenvalue weighted by Crippen LogP contribution is 2.37. The van der Waals surface area contributed by atoms with Crippen LogP contribution in [-0.4, -0.2) is 35.4 Å². The fourth-order valence-electron chi connectivity index (χ4n) is 3.75. The van der Waals surface area contributed by atoms with Crippen molar-refractivity contribution >= 4 is 17.3 Å². The van der Waals surface area contributed by atoms with E-state index in [0.717, 1.165) is 27.8 Å². The Morgan fingerprint density at radius 3 is 2.60 bits per heavy atom. The van der Waals surface area contributed by atoms with Crippen LogP contribution >= 0.6 is 11.3 Å². The molecule has 1 atom stereocenters. The third-order valence-corrected chi connectivity index (χ3v) is 6.44. The Balaban J connectivity index is 1.58. The van der Waals surface area contributed by atoms with Gasteiger partial charge >= 0.3 is 12.1 Å². The van der Waals surface area contributed by atoms with E-state index in [-0.39, 0.29) is 12.0 Å². The molecule has 3 aromatic rings. The summed E-state index contributed by atoms with van der Waals surface area (Å²) in [7, 11) is 0. The van der Waals surface area contributed by atoms with Gasteiger partial charge in [-0.1, -0.05) is 24.3 Å². The van der Waals surface area contributed by atoms with Gasteiger partial charge in [0.05, 0.1) is 22.9 Å². The molecule has 0 spiro atoms. The number of aromatic nitrogens is 1. The number of carboxylic acid groups (broad SMARTS) is 1. The maximum Gasteiger partial charge on any atom is 0.417 e. The lowest BCUT2D eigenvalue weighted by molar-refractivity contribution is -0.150. The molecule has 9 heteroatoms. The van der Waals surface area contributed by atoms with Crippen LogP contribution in [0.3, 0.4) is 0 Å². The summed E-state index contributed by atoms with van der Waals surface area (Å²) in [5.74, 6) is -0.273. The maximum atomic E-state index is 13.3. The molecule has 0 radical (unpaired) electrons. The summed E-state index contributed by atoms with van der Waals surface area (Å²) >= 11 is 1.34. The van der Waals surface area contributed by atoms with Gasteiger partial charge in [-0.15, -0.1) is 11.3 Å². The summed E-state index contributed by atoms with van der Waals surface area (Å²) in [6.07, 6.45) is -3.81. The summed E-state index contributed by atoms with van der Waals surface area (Å²) in [5, 5.41) is 11.7. The van der Waals surface area contributed by atoms with Crippen LogP contribution < -0.4 is 4.74 Å². The predicted molar refractivity (Wildman–Crippen MR) is 129 cm³/mol. The minimum atomic E-state index is -4.43. The second kappa shape index (κ2) is 11.7. The first-order valence-corrected chi connectivity index (χ1v) is 12.2. The molecular weight excluding hydrogens is 479 g/mol. The largest absolute Gasteiger partial charge is 0.493 e. The topological polar surface area (TPSA) is 68.7 Å². The zero-order valence-corrected chi connectivity index (χ0v) is 20.6. The number of rotatable bonds is 11. The van der Waals surface area contributed by atoms with E-state index in [2.05, 4.69) is 4.98 Å². The van der Waals surface area contributed by atoms with Crippen molar-refractivity contribution in [3.63, 3.8) is 0 Å². The first kappa shape index (κ1) is 26.7. The number of halogens is 3. The lowest BCUT2D eigenvalue weighted by Gasteiger charge is -2.17. The van der Waals surface area contributed by atoms with E-state index in [4.69, 9.17) is 9.47 Å². The Hall–Kier alpha value is -2.91. The van der Waals surface area contributed by atoms with Crippen molar-refractivity contribution in [2.45, 2.75) is 52.3 Å². The Labute approximate surface area is 206 Å². The second-order valence-corrected chi connectivity index (χ2v) is 9.10. The third-order valence-electron chi connectivity index (χ3n) is 5.53. The molecule has 1 unspecified atom stereocenters. The number of aliphatic carboxylic acids is 1. The number of thiazole rings is 1. The molecule has 1 N–H and O–H groups in total. The molecular formula is C26H28F3NO4S. The van der Waals surface area contributed by atoms with Crippen LogP contribution in [0.5, 0.6) is 5.75 Å². The van der Waals surface area contributed by atoms with Gasteiger partial charge in [0, 0.05) is 30.4 Å². The number of hydrogen-bond acceptors (Lipinski definition) is 5. The van der Waals surface area contributed by atoms with Crippen molar-refractivity contribution in [2.24, 2.45) is 0 Å². The van der Waals surface area contributed by atoms with Crippen LogP contribution in [0.2, 0.25) is 0 Å². The van der Waals surface area contributed by atoms with E-state index in [9.17, 15) is 23.1 Å². The molecule has 188 valence electrons. The van der Waals surface area contributed by atoms with Crippen molar-refractivity contribution in [1.29, 1.82) is 0 Å². The van der Waals surface area contributed by atoms with Gasteiger partial charge in [-0.2, -0.15) is 13.2 Å². The minimum Gasteiger partial charge on any atom is -0.493 e. The van der Waals surface area contributed by atoms with E-state index in [1.807, 2.05) is 26.0 Å². The SMILES string of the molecule is CCOC(Cc1cc(C)c(OCCCc2nc(-c3ccccc3C(F)(F)F)cs2)cc1C)C(=O)O. The fraction of sp³-hybridized carbons (Fsp3) is 0.385. The van der Waals surface area contributed by atoms with E-state index < -0.39 is 23.8 Å². The van der Waals surface area contributed by atoms with E-state index in [0.29, 0.717) is 37.5 Å². The molecule has 1 heterocycles. The van der Waals surface area contributed by atoms with Crippen LogP contribution in [0.1, 0.15) is 40.6 Å². The van der Waals surface area contributed by atoms with Crippen LogP contribution in [0.15, 0.2) is 41.8 Å². The quantitative estimate of drug-likeness (QED) is 0.301. The number of carboxylic acids is 1. The molecule has 0 bridgehead atoms. The first-order chi connectivity index (χ1) is 16.6. The maximum absolute atomic E-state index is 13.3. The van der Waals surface area contributed by atoms with Gasteiger partial charge in [-0.25, -0.2) is 9.78 Å². The number of alkyl halides is 3. The molecule has 0 aliphatic heterocycles. The standard InChI is InChI=1S/C26H28F3NO4S/c1-4-33-23(25(31)32)14-18-12-17(3)22(13-16(18)2)34-11-7-10-24-30-21(15-35-24)19-8-5-6-9-20(19)26(27,28)29/h5-6,8-9,12-13,15,23H,4,7,10-11,14H2,1-3H3,(H,31,32). The average molecular weight is 508 g/mol. The molecule has 0 saturated heterocycles. The number of hydrogen-bond donors (Lipinski definition) is 1. The summed E-state index contributed by atoms with van der Waals surface area (Å²) in [6.45, 7) is 6.32. The van der Waals surface area contributed by atoms with Crippen molar-refractivity contribution in [1.82, 2.24) is 4.98 Å². The van der Waals surface area contributed by atoms with Gasteiger partial charge in [0.15, 0.2) is 6.10 Å². The Morgan fingerprint density at radius 1 is 1.17 bits per heavy atom. The summed E-state index contributed by atoms with van der Waals surface area (Å²) < 4.78 is 51.1. The molecule has 0 amide bonds. The van der Waals surface area contributed by atoms with Crippen LogP contribution in [0, 0.1) is 13.8 Å². The lowest BCUT2D eigenvalue weighted by atomic mass is 9.99. The van der Waals surface area contributed by atoms with Crippen molar-refractivity contribution < 1.29 is 32.5 Å². The number of ether oxygens (including phenoxy) is 2. The van der Waals surface area contributed by atoms with E-state index >= 15 is 0 Å². The molecule has 0 fully saturated rings. The van der Waals surface area contributed by atoms with Gasteiger partial charge in [0.1, 0.15) is 5.75 Å². The smallest absolute Gasteiger partial charge is 0.417 e. The monoisotopic (exact) mass is 507 g/mol. The van der Waals surface area contributed by atoms with Crippen molar-refractivity contribution in [2.75, 3.05) is 13.2 Å². The average Bonchev–Trinajstić information content (AvgIpc) is 3.27. The van der Waals surface area contributed by atoms with Gasteiger partial charge in [-0.05, 0) is 56.0 Å². The highest BCUT2D eigenvalue weighted by molar-refractivity contribution is 7.09. The van der Waals surface area contributed by atoms with Gasteiger partial charge in [0.2, 0.25) is 0 Å². The summed E-state index contributed by atoms with van der Waals surface area (Å²) in [4.78, 5) is 15.8. The van der Waals surface area contributed by atoms with Crippen molar-refractivity contribution in [3.8, 4) is 17.0 Å². The van der Waals surface area contributed by atoms with Gasteiger partial charge < -0.3 is 14.6 Å². The van der Waals surface area contributed by atoms with Gasteiger partial charge in [0.25, 0.3) is 0 Å². The molecule has 0 aliphatic rings. The van der Waals surface area contributed by atoms with E-state index in [1.54, 1.807) is 18.4 Å². The molecule has 1 aromatic heterocycles. The number of nitrogens with zero attached hydrogens (tertiary/aromatic N) is 1. The Bertz CT molecular complexity index is 1160. The molecule has 5 nitrogen and oxygen atoms in total. The number of benzene rings is 2. The van der Waals surface area contributed by atoms with E-state index in [1.165, 1.54) is 23.5 Å². The first-order valence-electron chi connectivity index (χ1n) is 11.3. The lowest BCUT2D eigenvalue weighted by Crippen LogP contribution is -2.26. The molecule has 0 aliphatic carbocycles. The number of carbonyl (C=O) groups is 1. The summed E-state index contributed by atoms with van der Waals surface area (Å²) in [6, 6.07) is 9.27. The highest BCUT2D eigenvalue weighted by Gasteiger charge is 2.33. The Kier molecular flexibility index (Phi) is 8.91. The highest BCUT2D eigenvalue weighted by atomic mass is 32.1.